The highest BCUT2D eigenvalue weighted by Crippen LogP contribution is 2.19. The van der Waals surface area contributed by atoms with Crippen molar-refractivity contribution in [3.8, 4) is 11.8 Å². The minimum Gasteiger partial charge on any atom is -0.481 e. The number of methoxy groups -OCH3 is 2. The minimum absolute atomic E-state index is 0.116. The molecule has 0 amide bonds. The van der Waals surface area contributed by atoms with Crippen LogP contribution in [0.1, 0.15) is 20.8 Å². The van der Waals surface area contributed by atoms with Crippen molar-refractivity contribution >= 4 is 23.2 Å². The van der Waals surface area contributed by atoms with Gasteiger partial charge in [-0.2, -0.15) is 4.98 Å². The SMILES string of the molecule is COc1cc(C(=O)/C=C/c2cc(C)cs2)cc(OC)n1. The summed E-state index contributed by atoms with van der Waals surface area (Å²) >= 11 is 1.60. The summed E-state index contributed by atoms with van der Waals surface area (Å²) in [7, 11) is 3.00. The first-order chi connectivity index (χ1) is 9.62. The lowest BCUT2D eigenvalue weighted by Crippen LogP contribution is -1.99. The molecule has 0 radical (unpaired) electrons. The van der Waals surface area contributed by atoms with Gasteiger partial charge in [-0.3, -0.25) is 4.79 Å². The molecule has 0 aliphatic rings. The second kappa shape index (κ2) is 6.34. The van der Waals surface area contributed by atoms with Crippen LogP contribution in [0.4, 0.5) is 0 Å². The van der Waals surface area contributed by atoms with Crippen molar-refractivity contribution in [3.63, 3.8) is 0 Å². The van der Waals surface area contributed by atoms with Crippen LogP contribution in [0.5, 0.6) is 11.8 Å². The quantitative estimate of drug-likeness (QED) is 0.625. The van der Waals surface area contributed by atoms with Gasteiger partial charge in [-0.15, -0.1) is 11.3 Å². The number of carbonyl (C=O) groups is 1. The van der Waals surface area contributed by atoms with Crippen LogP contribution in [-0.4, -0.2) is 25.0 Å². The molecule has 0 saturated heterocycles. The minimum atomic E-state index is -0.116. The molecule has 2 aromatic rings. The van der Waals surface area contributed by atoms with Gasteiger partial charge < -0.3 is 9.47 Å². The normalized spacial score (nSPS) is 10.8. The Kier molecular flexibility index (Phi) is 4.53. The third-order valence-electron chi connectivity index (χ3n) is 2.63. The van der Waals surface area contributed by atoms with Crippen molar-refractivity contribution in [3.05, 3.63) is 45.7 Å². The zero-order valence-corrected chi connectivity index (χ0v) is 12.4. The van der Waals surface area contributed by atoms with Crippen LogP contribution >= 0.6 is 11.3 Å². The van der Waals surface area contributed by atoms with Crippen molar-refractivity contribution < 1.29 is 14.3 Å². The topological polar surface area (TPSA) is 48.4 Å². The first-order valence-electron chi connectivity index (χ1n) is 6.00. The molecule has 5 heteroatoms. The lowest BCUT2D eigenvalue weighted by Gasteiger charge is -2.04. The van der Waals surface area contributed by atoms with Crippen molar-refractivity contribution in [1.82, 2.24) is 4.98 Å². The Morgan fingerprint density at radius 1 is 1.20 bits per heavy atom. The molecule has 0 aliphatic heterocycles. The van der Waals surface area contributed by atoms with Gasteiger partial charge in [0, 0.05) is 22.6 Å². The molecule has 0 unspecified atom stereocenters. The summed E-state index contributed by atoms with van der Waals surface area (Å²) in [6, 6.07) is 5.21. The van der Waals surface area contributed by atoms with E-state index in [4.69, 9.17) is 9.47 Å². The van der Waals surface area contributed by atoms with Crippen LogP contribution in [0.15, 0.2) is 29.7 Å². The van der Waals surface area contributed by atoms with E-state index < -0.39 is 0 Å². The predicted molar refractivity (Wildman–Crippen MR) is 79.8 cm³/mol. The average molecular weight is 289 g/mol. The van der Waals surface area contributed by atoms with E-state index >= 15 is 0 Å². The Morgan fingerprint density at radius 3 is 2.35 bits per heavy atom. The maximum absolute atomic E-state index is 12.1. The van der Waals surface area contributed by atoms with Gasteiger partial charge in [0.15, 0.2) is 5.78 Å². The number of aryl methyl sites for hydroxylation is 1. The highest BCUT2D eigenvalue weighted by atomic mass is 32.1. The molecule has 20 heavy (non-hydrogen) atoms. The van der Waals surface area contributed by atoms with Crippen LogP contribution in [0.3, 0.4) is 0 Å². The van der Waals surface area contributed by atoms with E-state index in [9.17, 15) is 4.79 Å². The molecule has 2 rings (SSSR count). The molecule has 4 nitrogen and oxygen atoms in total. The van der Waals surface area contributed by atoms with Gasteiger partial charge in [0.05, 0.1) is 14.2 Å². The largest absolute Gasteiger partial charge is 0.481 e. The van der Waals surface area contributed by atoms with E-state index in [1.54, 1.807) is 35.6 Å². The fraction of sp³-hybridized carbons (Fsp3) is 0.200. The number of hydrogen-bond donors (Lipinski definition) is 0. The third-order valence-corrected chi connectivity index (χ3v) is 3.65. The lowest BCUT2D eigenvalue weighted by molar-refractivity contribution is 0.104. The second-order valence-corrected chi connectivity index (χ2v) is 5.11. The molecule has 2 aromatic heterocycles. The number of carbonyl (C=O) groups excluding carboxylic acids is 1. The molecule has 0 N–H and O–H groups in total. The number of hydrogen-bond acceptors (Lipinski definition) is 5. The number of ether oxygens (including phenoxy) is 2. The van der Waals surface area contributed by atoms with Gasteiger partial charge in [-0.25, -0.2) is 0 Å². The van der Waals surface area contributed by atoms with Crippen molar-refractivity contribution in [2.45, 2.75) is 6.92 Å². The molecule has 0 saturated carbocycles. The van der Waals surface area contributed by atoms with E-state index in [2.05, 4.69) is 4.98 Å². The Labute approximate surface area is 121 Å². The van der Waals surface area contributed by atoms with Gasteiger partial charge in [0.25, 0.3) is 0 Å². The number of thiophene rings is 1. The zero-order chi connectivity index (χ0) is 14.5. The summed E-state index contributed by atoms with van der Waals surface area (Å²) in [5.74, 6) is 0.594. The van der Waals surface area contributed by atoms with Gasteiger partial charge in [-0.1, -0.05) is 0 Å². The van der Waals surface area contributed by atoms with E-state index in [1.807, 2.05) is 18.4 Å². The number of nitrogens with zero attached hydrogens (tertiary/aromatic N) is 1. The number of pyridine rings is 1. The fourth-order valence-corrected chi connectivity index (χ4v) is 2.42. The molecule has 0 fully saturated rings. The molecular formula is C15H15NO3S. The van der Waals surface area contributed by atoms with E-state index in [0.717, 1.165) is 4.88 Å². The van der Waals surface area contributed by atoms with Crippen LogP contribution in [0.2, 0.25) is 0 Å². The maximum atomic E-state index is 12.1. The number of allylic oxidation sites excluding steroid dienone is 1. The molecule has 0 aromatic carbocycles. The number of rotatable bonds is 5. The summed E-state index contributed by atoms with van der Waals surface area (Å²) < 4.78 is 10.1. The Bertz CT molecular complexity index is 624. The number of aromatic nitrogens is 1. The molecule has 104 valence electrons. The summed E-state index contributed by atoms with van der Waals surface area (Å²) in [5, 5.41) is 2.04. The van der Waals surface area contributed by atoms with Crippen molar-refractivity contribution in [1.29, 1.82) is 0 Å². The third kappa shape index (κ3) is 3.45. The Morgan fingerprint density at radius 2 is 1.85 bits per heavy atom. The van der Waals surface area contributed by atoms with Gasteiger partial charge in [0.2, 0.25) is 11.8 Å². The Balaban J connectivity index is 2.22. The average Bonchev–Trinajstić information content (AvgIpc) is 2.89. The molecule has 0 spiro atoms. The standard InChI is InChI=1S/C15H15NO3S/c1-10-6-12(20-9-10)4-5-13(17)11-7-14(18-2)16-15(8-11)19-3/h4-9H,1-3H3/b5-4+. The van der Waals surface area contributed by atoms with Crippen molar-refractivity contribution in [2.24, 2.45) is 0 Å². The summed E-state index contributed by atoms with van der Waals surface area (Å²) in [6.07, 6.45) is 3.35. The highest BCUT2D eigenvalue weighted by Gasteiger charge is 2.08. The van der Waals surface area contributed by atoms with Crippen LogP contribution in [0.25, 0.3) is 6.08 Å². The second-order valence-electron chi connectivity index (χ2n) is 4.16. The molecule has 2 heterocycles. The van der Waals surface area contributed by atoms with Crippen molar-refractivity contribution in [2.75, 3.05) is 14.2 Å². The zero-order valence-electron chi connectivity index (χ0n) is 11.5. The monoisotopic (exact) mass is 289 g/mol. The van der Waals surface area contributed by atoms with E-state index in [1.165, 1.54) is 19.8 Å². The maximum Gasteiger partial charge on any atom is 0.216 e. The lowest BCUT2D eigenvalue weighted by atomic mass is 10.1. The van der Waals surface area contributed by atoms with Gasteiger partial charge in [0.1, 0.15) is 0 Å². The molecular weight excluding hydrogens is 274 g/mol. The smallest absolute Gasteiger partial charge is 0.216 e. The predicted octanol–water partition coefficient (Wildman–Crippen LogP) is 3.36. The number of ketones is 1. The molecule has 0 atom stereocenters. The summed E-state index contributed by atoms with van der Waals surface area (Å²) in [5.41, 5.74) is 1.67. The highest BCUT2D eigenvalue weighted by molar-refractivity contribution is 7.11. The van der Waals surface area contributed by atoms with Crippen LogP contribution < -0.4 is 9.47 Å². The van der Waals surface area contributed by atoms with Gasteiger partial charge in [-0.05, 0) is 36.1 Å². The van der Waals surface area contributed by atoms with E-state index in [-0.39, 0.29) is 5.78 Å². The van der Waals surface area contributed by atoms with E-state index in [0.29, 0.717) is 17.3 Å². The van der Waals surface area contributed by atoms with Crippen LogP contribution in [0, 0.1) is 6.92 Å². The molecule has 0 aliphatic carbocycles. The summed E-state index contributed by atoms with van der Waals surface area (Å²) in [4.78, 5) is 17.2. The summed E-state index contributed by atoms with van der Waals surface area (Å²) in [6.45, 7) is 2.02. The fourth-order valence-electron chi connectivity index (χ4n) is 1.63. The molecule has 0 bridgehead atoms. The first kappa shape index (κ1) is 14.3. The first-order valence-corrected chi connectivity index (χ1v) is 6.88. The van der Waals surface area contributed by atoms with Gasteiger partial charge >= 0.3 is 0 Å². The Hall–Kier alpha value is -2.14. The van der Waals surface area contributed by atoms with Crippen LogP contribution in [-0.2, 0) is 0 Å².